The SMILES string of the molecule is Cc1noc(C)c1CCC(=O)N1CCn2c(nnc2C(F)(F)F)C1. The highest BCUT2D eigenvalue weighted by molar-refractivity contribution is 5.76. The number of hydrogen-bond donors (Lipinski definition) is 0. The first kappa shape index (κ1) is 16.5. The van der Waals surface area contributed by atoms with Crippen molar-refractivity contribution in [3.05, 3.63) is 28.7 Å². The van der Waals surface area contributed by atoms with E-state index in [0.717, 1.165) is 15.8 Å². The zero-order chi connectivity index (χ0) is 17.5. The Morgan fingerprint density at radius 3 is 2.62 bits per heavy atom. The number of carbonyl (C=O) groups excluding carboxylic acids is 1. The molecular weight excluding hydrogens is 327 g/mol. The van der Waals surface area contributed by atoms with Gasteiger partial charge in [-0.15, -0.1) is 10.2 Å². The third-order valence-electron chi connectivity index (χ3n) is 4.13. The minimum atomic E-state index is -4.54. The summed E-state index contributed by atoms with van der Waals surface area (Å²) in [6, 6.07) is 0. The van der Waals surface area contributed by atoms with Crippen molar-refractivity contribution in [1.82, 2.24) is 24.8 Å². The van der Waals surface area contributed by atoms with Gasteiger partial charge in [-0.1, -0.05) is 5.16 Å². The molecule has 0 bridgehead atoms. The molecule has 0 spiro atoms. The third-order valence-corrected chi connectivity index (χ3v) is 4.13. The van der Waals surface area contributed by atoms with Gasteiger partial charge < -0.3 is 14.0 Å². The van der Waals surface area contributed by atoms with Crippen LogP contribution in [-0.4, -0.2) is 37.3 Å². The van der Waals surface area contributed by atoms with Crippen molar-refractivity contribution in [2.75, 3.05) is 6.54 Å². The Morgan fingerprint density at radius 2 is 2.00 bits per heavy atom. The molecule has 10 heteroatoms. The maximum absolute atomic E-state index is 12.8. The predicted molar refractivity (Wildman–Crippen MR) is 74.7 cm³/mol. The second-order valence-corrected chi connectivity index (χ2v) is 5.71. The number of carbonyl (C=O) groups is 1. The number of fused-ring (bicyclic) bond motifs is 1. The van der Waals surface area contributed by atoms with Crippen LogP contribution in [0.4, 0.5) is 13.2 Å². The molecule has 0 saturated heterocycles. The molecule has 1 amide bonds. The quantitative estimate of drug-likeness (QED) is 0.850. The Kier molecular flexibility index (Phi) is 4.06. The Balaban J connectivity index is 1.65. The van der Waals surface area contributed by atoms with Gasteiger partial charge in [-0.2, -0.15) is 13.2 Å². The van der Waals surface area contributed by atoms with E-state index in [0.29, 0.717) is 12.2 Å². The summed E-state index contributed by atoms with van der Waals surface area (Å²) >= 11 is 0. The lowest BCUT2D eigenvalue weighted by Crippen LogP contribution is -2.39. The molecule has 0 saturated carbocycles. The highest BCUT2D eigenvalue weighted by atomic mass is 19.4. The van der Waals surface area contributed by atoms with Gasteiger partial charge in [0.05, 0.1) is 12.2 Å². The van der Waals surface area contributed by atoms with Crippen molar-refractivity contribution < 1.29 is 22.5 Å². The number of rotatable bonds is 3. The van der Waals surface area contributed by atoms with Crippen molar-refractivity contribution in [2.24, 2.45) is 0 Å². The molecule has 2 aromatic heterocycles. The molecule has 3 rings (SSSR count). The summed E-state index contributed by atoms with van der Waals surface area (Å²) in [5.74, 6) is -0.328. The fourth-order valence-electron chi connectivity index (χ4n) is 2.83. The molecule has 0 aliphatic carbocycles. The Labute approximate surface area is 135 Å². The molecule has 0 atom stereocenters. The van der Waals surface area contributed by atoms with Crippen molar-refractivity contribution in [1.29, 1.82) is 0 Å². The molecule has 2 aromatic rings. The number of alkyl halides is 3. The van der Waals surface area contributed by atoms with Crippen LogP contribution < -0.4 is 0 Å². The van der Waals surface area contributed by atoms with Crippen molar-refractivity contribution >= 4 is 5.91 Å². The summed E-state index contributed by atoms with van der Waals surface area (Å²) in [7, 11) is 0. The van der Waals surface area contributed by atoms with Gasteiger partial charge in [0.2, 0.25) is 11.7 Å². The molecule has 7 nitrogen and oxygen atoms in total. The second kappa shape index (κ2) is 5.91. The standard InChI is InChI=1S/C14H16F3N5O2/c1-8-10(9(2)24-20-8)3-4-12(23)21-5-6-22-11(7-21)18-19-13(22)14(15,16)17/h3-7H2,1-2H3. The fourth-order valence-corrected chi connectivity index (χ4v) is 2.83. The molecule has 1 aliphatic rings. The lowest BCUT2D eigenvalue weighted by molar-refractivity contribution is -0.148. The number of amides is 1. The van der Waals surface area contributed by atoms with E-state index < -0.39 is 12.0 Å². The lowest BCUT2D eigenvalue weighted by Gasteiger charge is -2.28. The highest BCUT2D eigenvalue weighted by Crippen LogP contribution is 2.29. The second-order valence-electron chi connectivity index (χ2n) is 5.71. The Hall–Kier alpha value is -2.39. The van der Waals surface area contributed by atoms with Crippen LogP contribution >= 0.6 is 0 Å². The van der Waals surface area contributed by atoms with Gasteiger partial charge in [0, 0.05) is 25.1 Å². The molecule has 0 fully saturated rings. The van der Waals surface area contributed by atoms with Gasteiger partial charge in [0.15, 0.2) is 5.82 Å². The van der Waals surface area contributed by atoms with Gasteiger partial charge in [0.1, 0.15) is 5.76 Å². The first-order chi connectivity index (χ1) is 11.3. The van der Waals surface area contributed by atoms with Crippen LogP contribution in [0.1, 0.15) is 35.1 Å². The summed E-state index contributed by atoms with van der Waals surface area (Å²) in [4.78, 5) is 13.8. The summed E-state index contributed by atoms with van der Waals surface area (Å²) in [5, 5.41) is 10.6. The first-order valence-corrected chi connectivity index (χ1v) is 7.46. The molecular formula is C14H16F3N5O2. The molecule has 0 unspecified atom stereocenters. The number of aromatic nitrogens is 4. The Bertz CT molecular complexity index is 746. The largest absolute Gasteiger partial charge is 0.451 e. The summed E-state index contributed by atoms with van der Waals surface area (Å²) < 4.78 is 44.5. The molecule has 24 heavy (non-hydrogen) atoms. The predicted octanol–water partition coefficient (Wildman–Crippen LogP) is 1.88. The monoisotopic (exact) mass is 343 g/mol. The summed E-state index contributed by atoms with van der Waals surface area (Å²) in [6.45, 7) is 3.85. The molecule has 0 aromatic carbocycles. The van der Waals surface area contributed by atoms with Gasteiger partial charge in [-0.25, -0.2) is 0 Å². The Morgan fingerprint density at radius 1 is 1.25 bits per heavy atom. The average Bonchev–Trinajstić information content (AvgIpc) is 3.08. The van der Waals surface area contributed by atoms with E-state index >= 15 is 0 Å². The van der Waals surface area contributed by atoms with E-state index in [1.807, 2.05) is 0 Å². The van der Waals surface area contributed by atoms with Crippen LogP contribution in [-0.2, 0) is 30.5 Å². The van der Waals surface area contributed by atoms with E-state index in [4.69, 9.17) is 4.52 Å². The van der Waals surface area contributed by atoms with Gasteiger partial charge in [0.25, 0.3) is 0 Å². The van der Waals surface area contributed by atoms with E-state index in [-0.39, 0.29) is 37.8 Å². The maximum Gasteiger partial charge on any atom is 0.451 e. The zero-order valence-electron chi connectivity index (χ0n) is 13.2. The third kappa shape index (κ3) is 3.00. The minimum Gasteiger partial charge on any atom is -0.361 e. The van der Waals surface area contributed by atoms with Gasteiger partial charge >= 0.3 is 6.18 Å². The number of nitrogens with zero attached hydrogens (tertiary/aromatic N) is 5. The van der Waals surface area contributed by atoms with Gasteiger partial charge in [-0.05, 0) is 20.3 Å². The number of aryl methyl sites for hydroxylation is 2. The van der Waals surface area contributed by atoms with Crippen molar-refractivity contribution in [2.45, 2.75) is 46.0 Å². The van der Waals surface area contributed by atoms with E-state index in [1.165, 1.54) is 4.90 Å². The first-order valence-electron chi connectivity index (χ1n) is 7.46. The van der Waals surface area contributed by atoms with Crippen molar-refractivity contribution in [3.8, 4) is 0 Å². The summed E-state index contributed by atoms with van der Waals surface area (Å²) in [5.41, 5.74) is 1.64. The molecule has 3 heterocycles. The van der Waals surface area contributed by atoms with Crippen LogP contribution in [0.2, 0.25) is 0 Å². The number of halogens is 3. The molecule has 1 aliphatic heterocycles. The topological polar surface area (TPSA) is 77.0 Å². The maximum atomic E-state index is 12.8. The van der Waals surface area contributed by atoms with Crippen LogP contribution in [0.15, 0.2) is 4.52 Å². The van der Waals surface area contributed by atoms with Crippen LogP contribution in [0.3, 0.4) is 0 Å². The van der Waals surface area contributed by atoms with Crippen LogP contribution in [0.25, 0.3) is 0 Å². The zero-order valence-corrected chi connectivity index (χ0v) is 13.2. The fraction of sp³-hybridized carbons (Fsp3) is 0.571. The molecule has 130 valence electrons. The molecule has 0 N–H and O–H groups in total. The van der Waals surface area contributed by atoms with Crippen molar-refractivity contribution in [3.63, 3.8) is 0 Å². The summed E-state index contributed by atoms with van der Waals surface area (Å²) in [6.07, 6.45) is -3.82. The molecule has 0 radical (unpaired) electrons. The smallest absolute Gasteiger partial charge is 0.361 e. The minimum absolute atomic E-state index is 0.0313. The number of hydrogen-bond acceptors (Lipinski definition) is 5. The van der Waals surface area contributed by atoms with Gasteiger partial charge in [-0.3, -0.25) is 4.79 Å². The van der Waals surface area contributed by atoms with Crippen LogP contribution in [0, 0.1) is 13.8 Å². The van der Waals surface area contributed by atoms with E-state index in [2.05, 4.69) is 15.4 Å². The lowest BCUT2D eigenvalue weighted by atomic mass is 10.1. The normalized spacial score (nSPS) is 14.8. The van der Waals surface area contributed by atoms with E-state index in [1.54, 1.807) is 13.8 Å². The van der Waals surface area contributed by atoms with E-state index in [9.17, 15) is 18.0 Å². The average molecular weight is 343 g/mol. The van der Waals surface area contributed by atoms with Crippen LogP contribution in [0.5, 0.6) is 0 Å². The highest BCUT2D eigenvalue weighted by Gasteiger charge is 2.39.